The summed E-state index contributed by atoms with van der Waals surface area (Å²) in [5.41, 5.74) is 2.79. The van der Waals surface area contributed by atoms with E-state index in [1.165, 1.54) is 21.0 Å². The van der Waals surface area contributed by atoms with Gasteiger partial charge in [0, 0.05) is 20.3 Å². The fourth-order valence-corrected chi connectivity index (χ4v) is 2.47. The lowest BCUT2D eigenvalue weighted by molar-refractivity contribution is -0.144. The van der Waals surface area contributed by atoms with Gasteiger partial charge in [-0.05, 0) is 42.2 Å². The van der Waals surface area contributed by atoms with Gasteiger partial charge in [0.25, 0.3) is 0 Å². The van der Waals surface area contributed by atoms with E-state index in [1.54, 1.807) is 12.1 Å². The standard InChI is InChI=1S/C17H23NO5/c1-6-13-8-14(23-12(4)20)7-10(2)15(13)9-16(17(21)22-5)18-11(3)19/h7-8,16H,6,9H2,1-5H3,(H,18,19)/t16-/m0/s1. The predicted octanol–water partition coefficient (Wildman–Crippen LogP) is 1.70. The number of hydrogen-bond donors (Lipinski definition) is 1. The monoisotopic (exact) mass is 321 g/mol. The molecule has 0 fully saturated rings. The zero-order chi connectivity index (χ0) is 17.6. The first-order valence-corrected chi connectivity index (χ1v) is 7.44. The molecular formula is C17H23NO5. The third-order valence-corrected chi connectivity index (χ3v) is 3.45. The molecule has 0 saturated heterocycles. The van der Waals surface area contributed by atoms with Gasteiger partial charge in [-0.2, -0.15) is 0 Å². The van der Waals surface area contributed by atoms with Gasteiger partial charge in [-0.3, -0.25) is 9.59 Å². The van der Waals surface area contributed by atoms with Gasteiger partial charge in [0.05, 0.1) is 7.11 Å². The summed E-state index contributed by atoms with van der Waals surface area (Å²) >= 11 is 0. The smallest absolute Gasteiger partial charge is 0.328 e. The highest BCUT2D eigenvalue weighted by Crippen LogP contribution is 2.24. The Bertz CT molecular complexity index is 609. The maximum atomic E-state index is 11.9. The molecule has 1 N–H and O–H groups in total. The molecule has 0 unspecified atom stereocenters. The Morgan fingerprint density at radius 1 is 1.22 bits per heavy atom. The Labute approximate surface area is 136 Å². The lowest BCUT2D eigenvalue weighted by atomic mass is 9.93. The fraction of sp³-hybridized carbons (Fsp3) is 0.471. The van der Waals surface area contributed by atoms with E-state index >= 15 is 0 Å². The Kier molecular flexibility index (Phi) is 6.75. The molecule has 1 rings (SSSR count). The Morgan fingerprint density at radius 2 is 1.87 bits per heavy atom. The number of hydrogen-bond acceptors (Lipinski definition) is 5. The van der Waals surface area contributed by atoms with Gasteiger partial charge in [-0.1, -0.05) is 6.92 Å². The summed E-state index contributed by atoms with van der Waals surface area (Å²) in [6.45, 7) is 6.55. The molecule has 1 aromatic rings. The fourth-order valence-electron chi connectivity index (χ4n) is 2.47. The third-order valence-electron chi connectivity index (χ3n) is 3.45. The maximum absolute atomic E-state index is 11.9. The van der Waals surface area contributed by atoms with Crippen LogP contribution >= 0.6 is 0 Å². The number of carbonyl (C=O) groups excluding carboxylic acids is 3. The minimum Gasteiger partial charge on any atom is -0.467 e. The number of aryl methyl sites for hydroxylation is 2. The quantitative estimate of drug-likeness (QED) is 0.637. The van der Waals surface area contributed by atoms with Crippen LogP contribution in [-0.4, -0.2) is 31.0 Å². The molecule has 0 bridgehead atoms. The van der Waals surface area contributed by atoms with Crippen molar-refractivity contribution in [3.05, 3.63) is 28.8 Å². The van der Waals surface area contributed by atoms with Crippen LogP contribution < -0.4 is 10.1 Å². The molecule has 0 aromatic heterocycles. The number of ether oxygens (including phenoxy) is 2. The lowest BCUT2D eigenvalue weighted by Gasteiger charge is -2.19. The van der Waals surface area contributed by atoms with E-state index in [2.05, 4.69) is 5.32 Å². The summed E-state index contributed by atoms with van der Waals surface area (Å²) in [7, 11) is 1.29. The van der Waals surface area contributed by atoms with Crippen LogP contribution in [0.5, 0.6) is 5.75 Å². The normalized spacial score (nSPS) is 11.5. The molecule has 0 heterocycles. The third kappa shape index (κ3) is 5.39. The van der Waals surface area contributed by atoms with Crippen LogP contribution in [-0.2, 0) is 32.0 Å². The molecule has 0 aliphatic rings. The zero-order valence-corrected chi connectivity index (χ0v) is 14.2. The van der Waals surface area contributed by atoms with Crippen molar-refractivity contribution in [2.45, 2.75) is 46.6 Å². The molecule has 0 saturated carbocycles. The lowest BCUT2D eigenvalue weighted by Crippen LogP contribution is -2.42. The highest BCUT2D eigenvalue weighted by Gasteiger charge is 2.23. The van der Waals surface area contributed by atoms with Crippen LogP contribution in [0.15, 0.2) is 12.1 Å². The van der Waals surface area contributed by atoms with E-state index in [-0.39, 0.29) is 11.9 Å². The highest BCUT2D eigenvalue weighted by molar-refractivity contribution is 5.83. The molecule has 0 spiro atoms. The first-order chi connectivity index (χ1) is 10.8. The van der Waals surface area contributed by atoms with E-state index < -0.39 is 12.0 Å². The van der Waals surface area contributed by atoms with Crippen LogP contribution in [0.25, 0.3) is 0 Å². The molecular weight excluding hydrogens is 298 g/mol. The van der Waals surface area contributed by atoms with E-state index in [4.69, 9.17) is 9.47 Å². The van der Waals surface area contributed by atoms with Crippen molar-refractivity contribution in [2.75, 3.05) is 7.11 Å². The second-order valence-corrected chi connectivity index (χ2v) is 5.31. The van der Waals surface area contributed by atoms with Gasteiger partial charge in [0.15, 0.2) is 0 Å². The summed E-state index contributed by atoms with van der Waals surface area (Å²) in [4.78, 5) is 34.3. The summed E-state index contributed by atoms with van der Waals surface area (Å²) < 4.78 is 9.88. The second kappa shape index (κ2) is 8.31. The number of carbonyl (C=O) groups is 3. The average molecular weight is 321 g/mol. The van der Waals surface area contributed by atoms with Crippen LogP contribution in [0.1, 0.15) is 37.5 Å². The number of methoxy groups -OCH3 is 1. The van der Waals surface area contributed by atoms with Crippen LogP contribution in [0, 0.1) is 6.92 Å². The minimum absolute atomic E-state index is 0.298. The largest absolute Gasteiger partial charge is 0.467 e. The molecule has 1 amide bonds. The van der Waals surface area contributed by atoms with Gasteiger partial charge in [0.1, 0.15) is 11.8 Å². The van der Waals surface area contributed by atoms with Crippen molar-refractivity contribution in [3.8, 4) is 5.75 Å². The molecule has 1 aromatic carbocycles. The molecule has 126 valence electrons. The Balaban J connectivity index is 3.16. The van der Waals surface area contributed by atoms with Crippen molar-refractivity contribution >= 4 is 17.8 Å². The van der Waals surface area contributed by atoms with Crippen molar-refractivity contribution < 1.29 is 23.9 Å². The molecule has 0 aliphatic carbocycles. The number of rotatable bonds is 6. The molecule has 0 radical (unpaired) electrons. The molecule has 6 nitrogen and oxygen atoms in total. The first kappa shape index (κ1) is 18.7. The summed E-state index contributed by atoms with van der Waals surface area (Å²) in [5, 5.41) is 2.61. The van der Waals surface area contributed by atoms with Gasteiger partial charge in [-0.15, -0.1) is 0 Å². The zero-order valence-electron chi connectivity index (χ0n) is 14.2. The van der Waals surface area contributed by atoms with E-state index in [0.29, 0.717) is 18.6 Å². The van der Waals surface area contributed by atoms with Crippen molar-refractivity contribution in [1.29, 1.82) is 0 Å². The van der Waals surface area contributed by atoms with E-state index in [9.17, 15) is 14.4 Å². The summed E-state index contributed by atoms with van der Waals surface area (Å²) in [6, 6.07) is 2.78. The maximum Gasteiger partial charge on any atom is 0.328 e. The second-order valence-electron chi connectivity index (χ2n) is 5.31. The SMILES string of the molecule is CCc1cc(OC(C)=O)cc(C)c1C[C@H](NC(C)=O)C(=O)OC. The van der Waals surface area contributed by atoms with Crippen LogP contribution in [0.3, 0.4) is 0 Å². The number of amides is 1. The first-order valence-electron chi connectivity index (χ1n) is 7.44. The van der Waals surface area contributed by atoms with Gasteiger partial charge < -0.3 is 14.8 Å². The average Bonchev–Trinajstić information content (AvgIpc) is 2.46. The number of nitrogens with one attached hydrogen (secondary N) is 1. The number of benzene rings is 1. The van der Waals surface area contributed by atoms with Crippen molar-refractivity contribution in [2.24, 2.45) is 0 Å². The Morgan fingerprint density at radius 3 is 2.35 bits per heavy atom. The van der Waals surface area contributed by atoms with Crippen LogP contribution in [0.4, 0.5) is 0 Å². The van der Waals surface area contributed by atoms with Crippen molar-refractivity contribution in [1.82, 2.24) is 5.32 Å². The van der Waals surface area contributed by atoms with Gasteiger partial charge >= 0.3 is 11.9 Å². The van der Waals surface area contributed by atoms with E-state index in [1.807, 2.05) is 13.8 Å². The number of esters is 2. The molecule has 1 atom stereocenters. The Hall–Kier alpha value is -2.37. The van der Waals surface area contributed by atoms with Gasteiger partial charge in [0.2, 0.25) is 5.91 Å². The van der Waals surface area contributed by atoms with Crippen molar-refractivity contribution in [3.63, 3.8) is 0 Å². The summed E-state index contributed by atoms with van der Waals surface area (Å²) in [5.74, 6) is -0.701. The van der Waals surface area contributed by atoms with E-state index in [0.717, 1.165) is 16.7 Å². The topological polar surface area (TPSA) is 81.7 Å². The van der Waals surface area contributed by atoms with Crippen LogP contribution in [0.2, 0.25) is 0 Å². The summed E-state index contributed by atoms with van der Waals surface area (Å²) in [6.07, 6.45) is 1.03. The molecule has 6 heteroatoms. The predicted molar refractivity (Wildman–Crippen MR) is 85.2 cm³/mol. The van der Waals surface area contributed by atoms with Gasteiger partial charge in [-0.25, -0.2) is 4.79 Å². The molecule has 23 heavy (non-hydrogen) atoms. The highest BCUT2D eigenvalue weighted by atomic mass is 16.5. The minimum atomic E-state index is -0.749. The molecule has 0 aliphatic heterocycles.